The zero-order valence-corrected chi connectivity index (χ0v) is 13.4. The average molecular weight is 385 g/mol. The normalized spacial score (nSPS) is 11.3. The van der Waals surface area contributed by atoms with E-state index in [1.807, 2.05) is 0 Å². The van der Waals surface area contributed by atoms with Gasteiger partial charge in [-0.1, -0.05) is 11.6 Å². The zero-order valence-electron chi connectivity index (χ0n) is 9.42. The van der Waals surface area contributed by atoms with Gasteiger partial charge in [-0.3, -0.25) is 4.72 Å². The second kappa shape index (κ2) is 5.61. The van der Waals surface area contributed by atoms with Crippen LogP contribution in [0, 0.1) is 0 Å². The van der Waals surface area contributed by atoms with Crippen molar-refractivity contribution in [1.29, 1.82) is 0 Å². The van der Waals surface area contributed by atoms with Gasteiger partial charge in [-0.05, 0) is 28.1 Å². The van der Waals surface area contributed by atoms with Crippen molar-refractivity contribution in [3.05, 3.63) is 27.3 Å². The minimum Gasteiger partial charge on any atom is -0.478 e. The number of thiophene rings is 1. The number of ether oxygens (including phenoxy) is 1. The highest BCUT2D eigenvalue weighted by Gasteiger charge is 2.20. The Morgan fingerprint density at radius 2 is 2.21 bits per heavy atom. The first kappa shape index (κ1) is 14.5. The second-order valence-corrected chi connectivity index (χ2v) is 7.97. The van der Waals surface area contributed by atoms with Crippen molar-refractivity contribution in [3.8, 4) is 5.88 Å². The summed E-state index contributed by atoms with van der Waals surface area (Å²) < 4.78 is 32.3. The Morgan fingerprint density at radius 1 is 1.47 bits per heavy atom. The zero-order chi connectivity index (χ0) is 14.0. The third-order valence-electron chi connectivity index (χ3n) is 1.95. The van der Waals surface area contributed by atoms with Crippen LogP contribution in [0.4, 0.5) is 5.82 Å². The quantitative estimate of drug-likeness (QED) is 0.876. The van der Waals surface area contributed by atoms with Crippen LogP contribution >= 0.6 is 38.9 Å². The molecule has 6 nitrogen and oxygen atoms in total. The van der Waals surface area contributed by atoms with Gasteiger partial charge in [0.05, 0.1) is 17.1 Å². The van der Waals surface area contributed by atoms with E-state index in [2.05, 4.69) is 30.6 Å². The van der Waals surface area contributed by atoms with Crippen LogP contribution in [0.5, 0.6) is 5.88 Å². The van der Waals surface area contributed by atoms with Crippen molar-refractivity contribution in [2.45, 2.75) is 4.21 Å². The van der Waals surface area contributed by atoms with Gasteiger partial charge in [-0.2, -0.15) is 0 Å². The molecule has 0 atom stereocenters. The lowest BCUT2D eigenvalue weighted by Gasteiger charge is -2.08. The molecule has 0 radical (unpaired) electrons. The van der Waals surface area contributed by atoms with E-state index in [1.54, 1.807) is 6.07 Å². The van der Waals surface area contributed by atoms with E-state index >= 15 is 0 Å². The molecule has 0 amide bonds. The van der Waals surface area contributed by atoms with Crippen molar-refractivity contribution < 1.29 is 13.2 Å². The number of hydrogen-bond acceptors (Lipinski definition) is 6. The summed E-state index contributed by atoms with van der Waals surface area (Å²) in [5, 5.41) is 0.0610. The van der Waals surface area contributed by atoms with Crippen LogP contribution in [-0.2, 0) is 10.0 Å². The molecule has 0 saturated carbocycles. The molecule has 0 saturated heterocycles. The van der Waals surface area contributed by atoms with E-state index in [0.29, 0.717) is 3.79 Å². The van der Waals surface area contributed by atoms with Gasteiger partial charge >= 0.3 is 0 Å². The highest BCUT2D eigenvalue weighted by Crippen LogP contribution is 2.29. The number of anilines is 1. The molecule has 2 heterocycles. The third-order valence-corrected chi connectivity index (χ3v) is 5.58. The topological polar surface area (TPSA) is 81.2 Å². The van der Waals surface area contributed by atoms with Crippen LogP contribution in [0.25, 0.3) is 0 Å². The van der Waals surface area contributed by atoms with Gasteiger partial charge in [0, 0.05) is 0 Å². The summed E-state index contributed by atoms with van der Waals surface area (Å²) in [4.78, 5) is 7.67. The lowest BCUT2D eigenvalue weighted by atomic mass is 10.6. The van der Waals surface area contributed by atoms with Crippen LogP contribution < -0.4 is 9.46 Å². The Kier molecular flexibility index (Phi) is 4.29. The summed E-state index contributed by atoms with van der Waals surface area (Å²) in [6, 6.07) is 3.11. The van der Waals surface area contributed by atoms with Crippen molar-refractivity contribution in [2.75, 3.05) is 11.8 Å². The molecule has 0 fully saturated rings. The van der Waals surface area contributed by atoms with Crippen LogP contribution in [0.15, 0.2) is 26.3 Å². The van der Waals surface area contributed by atoms with Gasteiger partial charge in [-0.15, -0.1) is 11.3 Å². The van der Waals surface area contributed by atoms with E-state index in [0.717, 1.165) is 11.3 Å². The van der Waals surface area contributed by atoms with Gasteiger partial charge in [0.25, 0.3) is 15.9 Å². The lowest BCUT2D eigenvalue weighted by Crippen LogP contribution is -2.14. The highest BCUT2D eigenvalue weighted by atomic mass is 79.9. The van der Waals surface area contributed by atoms with Crippen molar-refractivity contribution in [2.24, 2.45) is 0 Å². The summed E-state index contributed by atoms with van der Waals surface area (Å²) in [6.07, 6.45) is 1.26. The summed E-state index contributed by atoms with van der Waals surface area (Å²) >= 11 is 9.96. The fourth-order valence-electron chi connectivity index (χ4n) is 1.19. The number of hydrogen-bond donors (Lipinski definition) is 1. The molecule has 1 N–H and O–H groups in total. The first-order chi connectivity index (χ1) is 8.92. The smallest absolute Gasteiger partial charge is 0.272 e. The Morgan fingerprint density at radius 3 is 2.79 bits per heavy atom. The number of rotatable bonds is 4. The van der Waals surface area contributed by atoms with Crippen molar-refractivity contribution in [3.63, 3.8) is 0 Å². The van der Waals surface area contributed by atoms with E-state index in [9.17, 15) is 8.42 Å². The van der Waals surface area contributed by atoms with Gasteiger partial charge < -0.3 is 4.74 Å². The Bertz CT molecular complexity index is 704. The van der Waals surface area contributed by atoms with Gasteiger partial charge in [0.15, 0.2) is 0 Å². The maximum atomic E-state index is 12.1. The summed E-state index contributed by atoms with van der Waals surface area (Å²) in [5.41, 5.74) is 0. The van der Waals surface area contributed by atoms with Crippen LogP contribution in [0.3, 0.4) is 0 Å². The number of methoxy groups -OCH3 is 1. The summed E-state index contributed by atoms with van der Waals surface area (Å²) in [7, 11) is -2.39. The lowest BCUT2D eigenvalue weighted by molar-refractivity contribution is 0.398. The fourth-order valence-corrected chi connectivity index (χ4v) is 4.33. The van der Waals surface area contributed by atoms with Gasteiger partial charge in [0.1, 0.15) is 9.36 Å². The van der Waals surface area contributed by atoms with E-state index < -0.39 is 10.0 Å². The number of nitrogens with one attached hydrogen (secondary N) is 1. The second-order valence-electron chi connectivity index (χ2n) is 3.21. The molecule has 0 aliphatic heterocycles. The molecule has 2 aromatic rings. The number of sulfonamides is 1. The minimum absolute atomic E-state index is 0.0450. The molecule has 0 aliphatic rings. The minimum atomic E-state index is -3.74. The molecule has 0 aliphatic carbocycles. The molecule has 0 bridgehead atoms. The van der Waals surface area contributed by atoms with E-state index in [1.165, 1.54) is 19.4 Å². The molecule has 102 valence electrons. The maximum absolute atomic E-state index is 12.1. The number of nitrogens with zero attached hydrogens (tertiary/aromatic N) is 2. The third kappa shape index (κ3) is 3.35. The standard InChI is InChI=1S/C9H7BrClN3O3S2/c1-17-9-8(13-6(11)4-12-9)14-19(15,16)7-3-2-5(10)18-7/h2-4H,1H3,(H,13,14). The number of halogens is 2. The Balaban J connectivity index is 2.38. The Labute approximate surface area is 127 Å². The van der Waals surface area contributed by atoms with Crippen LogP contribution in [-0.4, -0.2) is 25.5 Å². The summed E-state index contributed by atoms with van der Waals surface area (Å²) in [6.45, 7) is 0. The predicted octanol–water partition coefficient (Wildman–Crippen LogP) is 2.76. The highest BCUT2D eigenvalue weighted by molar-refractivity contribution is 9.11. The van der Waals surface area contributed by atoms with Gasteiger partial charge in [-0.25, -0.2) is 18.4 Å². The van der Waals surface area contributed by atoms with E-state index in [4.69, 9.17) is 16.3 Å². The molecule has 2 rings (SSSR count). The Hall–Kier alpha value is -0.900. The molecule has 19 heavy (non-hydrogen) atoms. The average Bonchev–Trinajstić information content (AvgIpc) is 2.76. The molecule has 2 aromatic heterocycles. The molecule has 0 spiro atoms. The largest absolute Gasteiger partial charge is 0.478 e. The maximum Gasteiger partial charge on any atom is 0.272 e. The molecular formula is C9H7BrClN3O3S2. The molecule has 0 aromatic carbocycles. The first-order valence-electron chi connectivity index (χ1n) is 4.77. The SMILES string of the molecule is COc1ncc(Cl)nc1NS(=O)(=O)c1ccc(Br)s1. The summed E-state index contributed by atoms with van der Waals surface area (Å²) in [5.74, 6) is -0.0110. The van der Waals surface area contributed by atoms with E-state index in [-0.39, 0.29) is 21.1 Å². The van der Waals surface area contributed by atoms with Crippen molar-refractivity contribution >= 4 is 54.7 Å². The monoisotopic (exact) mass is 383 g/mol. The number of aromatic nitrogens is 2. The van der Waals surface area contributed by atoms with Crippen LogP contribution in [0.1, 0.15) is 0 Å². The van der Waals surface area contributed by atoms with Gasteiger partial charge in [0.2, 0.25) is 5.82 Å². The fraction of sp³-hybridized carbons (Fsp3) is 0.111. The van der Waals surface area contributed by atoms with Crippen molar-refractivity contribution in [1.82, 2.24) is 9.97 Å². The molecule has 10 heteroatoms. The van der Waals surface area contributed by atoms with Crippen LogP contribution in [0.2, 0.25) is 5.15 Å². The molecule has 0 unspecified atom stereocenters. The molecular weight excluding hydrogens is 378 g/mol. The predicted molar refractivity (Wildman–Crippen MR) is 76.4 cm³/mol. The first-order valence-corrected chi connectivity index (χ1v) is 8.24.